The number of carbonyl (C=O) groups is 1. The molecular formula is C23H17N4O7S2-. The number of aromatic hydroxyl groups is 1. The molecule has 1 aromatic heterocycles. The summed E-state index contributed by atoms with van der Waals surface area (Å²) in [6, 6.07) is 17.0. The number of hydrogen-bond acceptors (Lipinski definition) is 9. The summed E-state index contributed by atoms with van der Waals surface area (Å²) in [5, 5.41) is 20.6. The number of fused-ring (bicyclic) bond motifs is 1. The van der Waals surface area contributed by atoms with Gasteiger partial charge in [-0.15, -0.1) is 0 Å². The fourth-order valence-electron chi connectivity index (χ4n) is 3.71. The van der Waals surface area contributed by atoms with Gasteiger partial charge in [0.15, 0.2) is 0 Å². The zero-order valence-corrected chi connectivity index (χ0v) is 20.1. The second kappa shape index (κ2) is 9.44. The van der Waals surface area contributed by atoms with Gasteiger partial charge in [0.2, 0.25) is 9.84 Å². The number of nitrogens with zero attached hydrogens (tertiary/aromatic N) is 3. The van der Waals surface area contributed by atoms with Crippen molar-refractivity contribution in [2.45, 2.75) is 9.79 Å². The Morgan fingerprint density at radius 2 is 1.89 bits per heavy atom. The van der Waals surface area contributed by atoms with Crippen molar-refractivity contribution in [1.82, 2.24) is 4.57 Å². The van der Waals surface area contributed by atoms with Gasteiger partial charge in [0.1, 0.15) is 22.8 Å². The van der Waals surface area contributed by atoms with E-state index in [0.29, 0.717) is 16.6 Å². The highest BCUT2D eigenvalue weighted by Gasteiger charge is 2.22. The Hall–Kier alpha value is -4.22. The number of amides is 1. The second-order valence-corrected chi connectivity index (χ2v) is 10.1. The number of phenols is 1. The number of primary amides is 1. The van der Waals surface area contributed by atoms with Gasteiger partial charge in [-0.2, -0.15) is 9.55 Å². The summed E-state index contributed by atoms with van der Waals surface area (Å²) >= 11 is -2.82. The van der Waals surface area contributed by atoms with Crippen LogP contribution in [-0.4, -0.2) is 39.8 Å². The average Bonchev–Trinajstić information content (AvgIpc) is 3.22. The molecule has 36 heavy (non-hydrogen) atoms. The third-order valence-electron chi connectivity index (χ3n) is 5.29. The molecule has 4 aromatic rings. The molecule has 0 saturated heterocycles. The van der Waals surface area contributed by atoms with Crippen molar-refractivity contribution in [2.75, 3.05) is 12.1 Å². The number of phenolic OH excluding ortho intramolecular Hbond substituents is 1. The first kappa shape index (κ1) is 24.9. The zero-order valence-electron chi connectivity index (χ0n) is 18.5. The first-order chi connectivity index (χ1) is 17.0. The van der Waals surface area contributed by atoms with Crippen molar-refractivity contribution in [2.24, 2.45) is 5.73 Å². The van der Waals surface area contributed by atoms with Crippen LogP contribution in [0.3, 0.4) is 0 Å². The standard InChI is InChI=1S/C23H18N4O7S2/c1-26(34-35(30)31)16-6-5-15-9-22(23(25)29)27(21(15)11-16)17-3-2-4-19(10-17)36(32,33)20-8-14(13-24)7-18(28)12-20/h2-12,28H,1H3,(H2,25,29)(H,30,31)/p-1. The number of rotatable bonds is 7. The predicted molar refractivity (Wildman–Crippen MR) is 128 cm³/mol. The highest BCUT2D eigenvalue weighted by Crippen LogP contribution is 2.31. The minimum Gasteiger partial charge on any atom is -0.748 e. The van der Waals surface area contributed by atoms with Crippen LogP contribution in [0.2, 0.25) is 0 Å². The van der Waals surface area contributed by atoms with Gasteiger partial charge >= 0.3 is 0 Å². The average molecular weight is 526 g/mol. The van der Waals surface area contributed by atoms with E-state index in [9.17, 15) is 27.1 Å². The summed E-state index contributed by atoms with van der Waals surface area (Å²) in [4.78, 5) is 11.8. The molecule has 0 spiro atoms. The van der Waals surface area contributed by atoms with Gasteiger partial charge in [-0.25, -0.2) is 17.7 Å². The normalized spacial score (nSPS) is 12.2. The van der Waals surface area contributed by atoms with E-state index >= 15 is 0 Å². The van der Waals surface area contributed by atoms with Crippen LogP contribution in [0.15, 0.2) is 76.5 Å². The van der Waals surface area contributed by atoms with Gasteiger partial charge in [0.05, 0.1) is 32.6 Å². The summed E-state index contributed by atoms with van der Waals surface area (Å²) in [6.45, 7) is 0. The quantitative estimate of drug-likeness (QED) is 0.270. The lowest BCUT2D eigenvalue weighted by Gasteiger charge is -2.19. The molecule has 0 bridgehead atoms. The molecule has 0 radical (unpaired) electrons. The van der Waals surface area contributed by atoms with Crippen LogP contribution in [0.5, 0.6) is 5.75 Å². The zero-order chi connectivity index (χ0) is 26.2. The third-order valence-corrected chi connectivity index (χ3v) is 7.37. The molecule has 0 aliphatic rings. The smallest absolute Gasteiger partial charge is 0.265 e. The largest absolute Gasteiger partial charge is 0.748 e. The molecule has 3 aromatic carbocycles. The van der Waals surface area contributed by atoms with E-state index in [1.807, 2.05) is 0 Å². The first-order valence-electron chi connectivity index (χ1n) is 10.1. The number of benzene rings is 3. The molecule has 13 heteroatoms. The molecule has 1 unspecified atom stereocenters. The van der Waals surface area contributed by atoms with Crippen LogP contribution in [0.25, 0.3) is 16.6 Å². The number of carbonyl (C=O) groups excluding carboxylic acids is 1. The predicted octanol–water partition coefficient (Wildman–Crippen LogP) is 2.30. The minimum atomic E-state index is -4.17. The topological polar surface area (TPSA) is 179 Å². The van der Waals surface area contributed by atoms with Crippen molar-refractivity contribution >= 4 is 43.7 Å². The Morgan fingerprint density at radius 3 is 2.56 bits per heavy atom. The number of nitrogens with two attached hydrogens (primary N) is 1. The lowest BCUT2D eigenvalue weighted by atomic mass is 10.2. The van der Waals surface area contributed by atoms with Crippen LogP contribution in [0, 0.1) is 11.3 Å². The molecule has 1 amide bonds. The maximum Gasteiger partial charge on any atom is 0.265 e. The monoisotopic (exact) mass is 525 g/mol. The van der Waals surface area contributed by atoms with Crippen molar-refractivity contribution in [1.29, 1.82) is 5.26 Å². The fourth-order valence-corrected chi connectivity index (χ4v) is 5.34. The summed E-state index contributed by atoms with van der Waals surface area (Å²) in [7, 11) is -2.79. The Balaban J connectivity index is 1.90. The van der Waals surface area contributed by atoms with Gasteiger partial charge in [-0.1, -0.05) is 12.1 Å². The van der Waals surface area contributed by atoms with E-state index in [2.05, 4.69) is 4.28 Å². The molecular weight excluding hydrogens is 508 g/mol. The molecule has 11 nitrogen and oxygen atoms in total. The van der Waals surface area contributed by atoms with E-state index in [1.165, 1.54) is 35.9 Å². The van der Waals surface area contributed by atoms with Gasteiger partial charge in [0.25, 0.3) is 5.91 Å². The highest BCUT2D eigenvalue weighted by atomic mass is 32.2. The third kappa shape index (κ3) is 4.66. The fraction of sp³-hybridized carbons (Fsp3) is 0.0435. The second-order valence-electron chi connectivity index (χ2n) is 7.58. The molecule has 0 aliphatic heterocycles. The number of hydrogen-bond donors (Lipinski definition) is 2. The Labute approximate surface area is 207 Å². The van der Waals surface area contributed by atoms with E-state index < -0.39 is 27.1 Å². The maximum absolute atomic E-state index is 13.3. The molecule has 3 N–H and O–H groups in total. The van der Waals surface area contributed by atoms with Gasteiger partial charge in [-0.3, -0.25) is 4.79 Å². The summed E-state index contributed by atoms with van der Waals surface area (Å²) in [5.74, 6) is -1.16. The Morgan fingerprint density at radius 1 is 1.14 bits per heavy atom. The lowest BCUT2D eigenvalue weighted by molar-refractivity contribution is 0.0994. The van der Waals surface area contributed by atoms with Gasteiger partial charge in [0, 0.05) is 18.1 Å². The van der Waals surface area contributed by atoms with E-state index in [1.54, 1.807) is 30.3 Å². The highest BCUT2D eigenvalue weighted by molar-refractivity contribution is 7.91. The minimum absolute atomic E-state index is 0.0324. The molecule has 0 fully saturated rings. The number of sulfone groups is 1. The van der Waals surface area contributed by atoms with E-state index in [-0.39, 0.29) is 32.5 Å². The summed E-state index contributed by atoms with van der Waals surface area (Å²) in [5.41, 5.74) is 6.63. The van der Waals surface area contributed by atoms with Crippen molar-refractivity contribution < 1.29 is 31.4 Å². The molecule has 184 valence electrons. The van der Waals surface area contributed by atoms with Crippen LogP contribution in [-0.2, 0) is 25.5 Å². The van der Waals surface area contributed by atoms with Gasteiger partial charge in [-0.05, 0) is 54.6 Å². The maximum atomic E-state index is 13.3. The molecule has 1 heterocycles. The Kier molecular flexibility index (Phi) is 6.53. The first-order valence-corrected chi connectivity index (χ1v) is 12.6. The van der Waals surface area contributed by atoms with E-state index in [4.69, 9.17) is 11.0 Å². The molecule has 0 aliphatic carbocycles. The van der Waals surface area contributed by atoms with Crippen LogP contribution in [0.1, 0.15) is 16.1 Å². The van der Waals surface area contributed by atoms with Crippen LogP contribution >= 0.6 is 0 Å². The molecule has 1 atom stereocenters. The van der Waals surface area contributed by atoms with Crippen molar-refractivity contribution in [3.05, 3.63) is 78.0 Å². The molecule has 0 saturated carbocycles. The van der Waals surface area contributed by atoms with Gasteiger partial charge < -0.3 is 20.0 Å². The van der Waals surface area contributed by atoms with E-state index in [0.717, 1.165) is 23.3 Å². The Bertz CT molecular complexity index is 1690. The van der Waals surface area contributed by atoms with Crippen LogP contribution < -0.4 is 10.8 Å². The summed E-state index contributed by atoms with van der Waals surface area (Å²) < 4.78 is 54.5. The summed E-state index contributed by atoms with van der Waals surface area (Å²) in [6.07, 6.45) is 0. The van der Waals surface area contributed by atoms with Crippen molar-refractivity contribution in [3.8, 4) is 17.5 Å². The SMILES string of the molecule is CN(OS(=O)[O-])c1ccc2cc(C(N)=O)n(-c3cccc(S(=O)(=O)c4cc(O)cc(C#N)c4)c3)c2c1. The number of aromatic nitrogens is 1. The number of hydroxylamine groups is 1. The van der Waals surface area contributed by atoms with Crippen molar-refractivity contribution in [3.63, 3.8) is 0 Å². The number of nitriles is 1. The van der Waals surface area contributed by atoms with Crippen LogP contribution in [0.4, 0.5) is 5.69 Å². The number of anilines is 1. The lowest BCUT2D eigenvalue weighted by Crippen LogP contribution is -2.19. The molecule has 4 rings (SSSR count).